The van der Waals surface area contributed by atoms with Crippen LogP contribution in [0.5, 0.6) is 0 Å². The monoisotopic (exact) mass is 312 g/mol. The largest absolute Gasteiger partial charge is 0.304 e. The molecule has 0 bridgehead atoms. The lowest BCUT2D eigenvalue weighted by Gasteiger charge is -2.05. The molecule has 0 aliphatic carbocycles. The van der Waals surface area contributed by atoms with E-state index in [1.165, 1.54) is 0 Å². The summed E-state index contributed by atoms with van der Waals surface area (Å²) in [6.07, 6.45) is 7.44. The smallest absolute Gasteiger partial charge is 0.110 e. The van der Waals surface area contributed by atoms with E-state index in [1.807, 2.05) is 49.7 Å². The summed E-state index contributed by atoms with van der Waals surface area (Å²) < 4.78 is 2.05. The summed E-state index contributed by atoms with van der Waals surface area (Å²) in [6, 6.07) is 18.2. The summed E-state index contributed by atoms with van der Waals surface area (Å²) in [6.45, 7) is 1.99. The van der Waals surface area contributed by atoms with Crippen molar-refractivity contribution >= 4 is 22.8 Å². The minimum Gasteiger partial charge on any atom is -0.304 e. The number of aryl methyl sites for hydroxylation is 1. The topological polar surface area (TPSA) is 43.1 Å². The molecule has 0 saturated heterocycles. The molecular weight excluding hydrogens is 296 g/mol. The summed E-state index contributed by atoms with van der Waals surface area (Å²) in [4.78, 5) is 13.2. The first-order valence-corrected chi connectivity index (χ1v) is 7.79. The van der Waals surface area contributed by atoms with E-state index in [0.717, 1.165) is 33.7 Å². The first-order chi connectivity index (χ1) is 11.8. The van der Waals surface area contributed by atoms with Crippen LogP contribution in [0.3, 0.4) is 0 Å². The van der Waals surface area contributed by atoms with Crippen molar-refractivity contribution in [1.29, 1.82) is 0 Å². The Balaban J connectivity index is 1.63. The van der Waals surface area contributed by atoms with Gasteiger partial charge in [-0.1, -0.05) is 18.2 Å². The lowest BCUT2D eigenvalue weighted by atomic mass is 10.2. The summed E-state index contributed by atoms with van der Waals surface area (Å²) in [5.74, 6) is 0.972. The van der Waals surface area contributed by atoms with Crippen LogP contribution in [0.15, 0.2) is 78.2 Å². The Kier molecular flexibility index (Phi) is 3.63. The maximum absolute atomic E-state index is 4.63. The number of aromatic nitrogens is 3. The van der Waals surface area contributed by atoms with Gasteiger partial charge in [-0.3, -0.25) is 9.98 Å². The van der Waals surface area contributed by atoms with E-state index in [2.05, 4.69) is 43.8 Å². The first kappa shape index (κ1) is 14.3. The standard InChI is InChI=1S/C20H16N4/c1-15-21-12-13-24(15)17-9-7-16(8-10-17)14-23-20-6-2-5-19-18(20)4-3-11-22-19/h2-14H,1H3/b23-14+. The zero-order valence-corrected chi connectivity index (χ0v) is 13.3. The highest BCUT2D eigenvalue weighted by atomic mass is 15.1. The van der Waals surface area contributed by atoms with Gasteiger partial charge in [0.15, 0.2) is 0 Å². The van der Waals surface area contributed by atoms with Crippen molar-refractivity contribution in [1.82, 2.24) is 14.5 Å². The first-order valence-electron chi connectivity index (χ1n) is 7.79. The Labute approximate surface area is 140 Å². The van der Waals surface area contributed by atoms with Crippen molar-refractivity contribution in [2.24, 2.45) is 4.99 Å². The van der Waals surface area contributed by atoms with Gasteiger partial charge in [0.25, 0.3) is 0 Å². The van der Waals surface area contributed by atoms with E-state index >= 15 is 0 Å². The van der Waals surface area contributed by atoms with Gasteiger partial charge in [-0.25, -0.2) is 4.98 Å². The molecule has 24 heavy (non-hydrogen) atoms. The zero-order chi connectivity index (χ0) is 16.4. The quantitative estimate of drug-likeness (QED) is 0.523. The van der Waals surface area contributed by atoms with Crippen molar-refractivity contribution in [2.75, 3.05) is 0 Å². The van der Waals surface area contributed by atoms with Gasteiger partial charge >= 0.3 is 0 Å². The molecule has 116 valence electrons. The van der Waals surface area contributed by atoms with Crippen LogP contribution in [-0.4, -0.2) is 20.7 Å². The van der Waals surface area contributed by atoms with Crippen molar-refractivity contribution < 1.29 is 0 Å². The summed E-state index contributed by atoms with van der Waals surface area (Å²) in [5.41, 5.74) is 4.03. The molecule has 0 N–H and O–H groups in total. The van der Waals surface area contributed by atoms with E-state index in [9.17, 15) is 0 Å². The molecule has 0 aliphatic heterocycles. The van der Waals surface area contributed by atoms with Gasteiger partial charge in [0.05, 0.1) is 11.2 Å². The molecule has 4 heteroatoms. The van der Waals surface area contributed by atoms with Crippen LogP contribution >= 0.6 is 0 Å². The molecule has 4 aromatic rings. The predicted octanol–water partition coefficient (Wildman–Crippen LogP) is 4.48. The van der Waals surface area contributed by atoms with E-state index < -0.39 is 0 Å². The van der Waals surface area contributed by atoms with Crippen molar-refractivity contribution in [3.63, 3.8) is 0 Å². The molecule has 0 aliphatic rings. The Bertz CT molecular complexity index is 1010. The van der Waals surface area contributed by atoms with Gasteiger partial charge in [-0.2, -0.15) is 0 Å². The highest BCUT2D eigenvalue weighted by molar-refractivity contribution is 5.93. The number of rotatable bonds is 3. The molecule has 2 aromatic carbocycles. The molecule has 2 aromatic heterocycles. The molecule has 0 fully saturated rings. The van der Waals surface area contributed by atoms with E-state index in [0.29, 0.717) is 0 Å². The molecular formula is C20H16N4. The minimum absolute atomic E-state index is 0.926. The fourth-order valence-corrected chi connectivity index (χ4v) is 2.72. The Morgan fingerprint density at radius 1 is 0.917 bits per heavy atom. The van der Waals surface area contributed by atoms with Crippen LogP contribution in [0, 0.1) is 6.92 Å². The summed E-state index contributed by atoms with van der Waals surface area (Å²) >= 11 is 0. The number of hydrogen-bond acceptors (Lipinski definition) is 3. The van der Waals surface area contributed by atoms with Gasteiger partial charge in [0.2, 0.25) is 0 Å². The van der Waals surface area contributed by atoms with Crippen LogP contribution in [0.4, 0.5) is 5.69 Å². The van der Waals surface area contributed by atoms with E-state index in [4.69, 9.17) is 0 Å². The molecule has 0 atom stereocenters. The molecule has 0 saturated carbocycles. The molecule has 0 spiro atoms. The van der Waals surface area contributed by atoms with Crippen molar-refractivity contribution in [2.45, 2.75) is 6.92 Å². The highest BCUT2D eigenvalue weighted by Crippen LogP contribution is 2.24. The van der Waals surface area contributed by atoms with Crippen LogP contribution in [0.2, 0.25) is 0 Å². The second kappa shape index (κ2) is 6.08. The summed E-state index contributed by atoms with van der Waals surface area (Å²) in [7, 11) is 0. The Hall–Kier alpha value is -3.27. The molecule has 0 unspecified atom stereocenters. The minimum atomic E-state index is 0.926. The number of hydrogen-bond donors (Lipinski definition) is 0. The second-order valence-electron chi connectivity index (χ2n) is 5.54. The number of imidazole rings is 1. The fourth-order valence-electron chi connectivity index (χ4n) is 2.72. The maximum atomic E-state index is 4.63. The van der Waals surface area contributed by atoms with E-state index in [1.54, 1.807) is 12.4 Å². The normalized spacial score (nSPS) is 11.4. The Morgan fingerprint density at radius 2 is 1.79 bits per heavy atom. The third-order valence-electron chi connectivity index (χ3n) is 3.97. The van der Waals surface area contributed by atoms with Crippen LogP contribution in [-0.2, 0) is 0 Å². The zero-order valence-electron chi connectivity index (χ0n) is 13.3. The van der Waals surface area contributed by atoms with Crippen molar-refractivity contribution in [3.8, 4) is 5.69 Å². The van der Waals surface area contributed by atoms with Gasteiger partial charge in [0, 0.05) is 35.9 Å². The Morgan fingerprint density at radius 3 is 2.58 bits per heavy atom. The fraction of sp³-hybridized carbons (Fsp3) is 0.0500. The molecule has 0 amide bonds. The van der Waals surface area contributed by atoms with Crippen LogP contribution in [0.1, 0.15) is 11.4 Å². The van der Waals surface area contributed by atoms with Gasteiger partial charge in [0.1, 0.15) is 5.82 Å². The number of aliphatic imine (C=N–C) groups is 1. The average Bonchev–Trinajstić information content (AvgIpc) is 3.06. The highest BCUT2D eigenvalue weighted by Gasteiger charge is 2.01. The lowest BCUT2D eigenvalue weighted by Crippen LogP contribution is -1.95. The summed E-state index contributed by atoms with van der Waals surface area (Å²) in [5, 5.41) is 1.06. The van der Waals surface area contributed by atoms with Gasteiger partial charge in [-0.05, 0) is 48.9 Å². The van der Waals surface area contributed by atoms with Crippen LogP contribution < -0.4 is 0 Å². The number of nitrogens with zero attached hydrogens (tertiary/aromatic N) is 4. The maximum Gasteiger partial charge on any atom is 0.110 e. The number of fused-ring (bicyclic) bond motifs is 1. The van der Waals surface area contributed by atoms with E-state index in [-0.39, 0.29) is 0 Å². The third kappa shape index (κ3) is 2.70. The number of benzene rings is 2. The molecule has 4 rings (SSSR count). The van der Waals surface area contributed by atoms with Gasteiger partial charge in [-0.15, -0.1) is 0 Å². The molecule has 4 nitrogen and oxygen atoms in total. The van der Waals surface area contributed by atoms with Crippen molar-refractivity contribution in [3.05, 3.63) is 84.6 Å². The third-order valence-corrected chi connectivity index (χ3v) is 3.97. The lowest BCUT2D eigenvalue weighted by molar-refractivity contribution is 0.975. The van der Waals surface area contributed by atoms with Crippen LogP contribution in [0.25, 0.3) is 16.6 Å². The predicted molar refractivity (Wildman–Crippen MR) is 97.3 cm³/mol. The SMILES string of the molecule is Cc1nccn1-c1ccc(/C=N/c2cccc3ncccc23)cc1. The second-order valence-corrected chi connectivity index (χ2v) is 5.54. The average molecular weight is 312 g/mol. The molecule has 2 heterocycles. The van der Waals surface area contributed by atoms with Gasteiger partial charge < -0.3 is 4.57 Å². The molecule has 0 radical (unpaired) electrons. The number of pyridine rings is 1.